The smallest absolute Gasteiger partial charge is 0.227 e. The van der Waals surface area contributed by atoms with Crippen LogP contribution < -0.4 is 4.74 Å². The molecule has 0 aliphatic heterocycles. The summed E-state index contributed by atoms with van der Waals surface area (Å²) < 4.78 is 24.8. The number of methoxy groups -OCH3 is 1. The van der Waals surface area contributed by atoms with Crippen LogP contribution in [0.5, 0.6) is 5.75 Å². The number of para-hydroxylation sites is 1. The first-order chi connectivity index (χ1) is 11.8. The van der Waals surface area contributed by atoms with E-state index in [2.05, 4.69) is 9.97 Å². The highest BCUT2D eigenvalue weighted by atomic mass is 19.1. The summed E-state index contributed by atoms with van der Waals surface area (Å²) in [5.74, 6) is 0.568. The van der Waals surface area contributed by atoms with Crippen molar-refractivity contribution in [3.05, 3.63) is 66.6 Å². The Hall–Kier alpha value is -3.21. The van der Waals surface area contributed by atoms with E-state index in [0.29, 0.717) is 22.7 Å². The van der Waals surface area contributed by atoms with E-state index in [9.17, 15) is 4.39 Å². The van der Waals surface area contributed by atoms with Gasteiger partial charge in [0, 0.05) is 17.3 Å². The third-order valence-electron chi connectivity index (χ3n) is 3.76. The molecule has 2 aromatic heterocycles. The molecule has 2 aromatic carbocycles. The summed E-state index contributed by atoms with van der Waals surface area (Å²) in [5, 5.41) is 0. The third-order valence-corrected chi connectivity index (χ3v) is 3.76. The number of oxazole rings is 1. The lowest BCUT2D eigenvalue weighted by atomic mass is 10.1. The highest BCUT2D eigenvalue weighted by molar-refractivity contribution is 5.78. The molecule has 0 radical (unpaired) electrons. The van der Waals surface area contributed by atoms with Crippen LogP contribution in [-0.4, -0.2) is 17.1 Å². The van der Waals surface area contributed by atoms with Crippen molar-refractivity contribution in [3.8, 4) is 28.5 Å². The van der Waals surface area contributed by atoms with Crippen molar-refractivity contribution in [1.29, 1.82) is 0 Å². The maximum Gasteiger partial charge on any atom is 0.227 e. The Labute approximate surface area is 137 Å². The number of pyridine rings is 1. The molecule has 0 saturated heterocycles. The number of halogens is 1. The molecule has 4 aromatic rings. The van der Waals surface area contributed by atoms with E-state index < -0.39 is 5.82 Å². The van der Waals surface area contributed by atoms with Crippen molar-refractivity contribution in [2.24, 2.45) is 0 Å². The molecule has 0 aliphatic rings. The molecule has 0 unspecified atom stereocenters. The predicted molar refractivity (Wildman–Crippen MR) is 89.2 cm³/mol. The third kappa shape index (κ3) is 2.40. The van der Waals surface area contributed by atoms with Gasteiger partial charge in [0.2, 0.25) is 5.89 Å². The van der Waals surface area contributed by atoms with Crippen molar-refractivity contribution in [2.75, 3.05) is 7.11 Å². The first-order valence-electron chi connectivity index (χ1n) is 7.41. The van der Waals surface area contributed by atoms with Crippen LogP contribution in [0.4, 0.5) is 4.39 Å². The molecule has 0 bridgehead atoms. The topological polar surface area (TPSA) is 48.2 Å². The SMILES string of the molecule is COc1cc(-c2nc3cccc(F)c3o2)ccc1-c1ccccn1. The lowest BCUT2D eigenvalue weighted by Gasteiger charge is -2.09. The number of hydrogen-bond donors (Lipinski definition) is 0. The minimum atomic E-state index is -0.427. The lowest BCUT2D eigenvalue weighted by Crippen LogP contribution is -1.91. The molecule has 0 aliphatic carbocycles. The van der Waals surface area contributed by atoms with E-state index in [1.807, 2.05) is 36.4 Å². The molecule has 0 amide bonds. The number of benzene rings is 2. The van der Waals surface area contributed by atoms with Crippen LogP contribution in [0.1, 0.15) is 0 Å². The molecule has 4 rings (SSSR count). The van der Waals surface area contributed by atoms with Crippen molar-refractivity contribution >= 4 is 11.1 Å². The minimum absolute atomic E-state index is 0.153. The molecule has 4 nitrogen and oxygen atoms in total. The highest BCUT2D eigenvalue weighted by Crippen LogP contribution is 2.34. The second-order valence-corrected chi connectivity index (χ2v) is 5.24. The first kappa shape index (κ1) is 14.4. The van der Waals surface area contributed by atoms with Crippen LogP contribution in [0.3, 0.4) is 0 Å². The van der Waals surface area contributed by atoms with Gasteiger partial charge in [-0.1, -0.05) is 12.1 Å². The number of fused-ring (bicyclic) bond motifs is 1. The van der Waals surface area contributed by atoms with Gasteiger partial charge in [0.15, 0.2) is 11.4 Å². The fraction of sp³-hybridized carbons (Fsp3) is 0.0526. The molecular formula is C19H13FN2O2. The molecule has 0 N–H and O–H groups in total. The van der Waals surface area contributed by atoms with Gasteiger partial charge in [-0.05, 0) is 42.5 Å². The molecule has 2 heterocycles. The number of aromatic nitrogens is 2. The van der Waals surface area contributed by atoms with E-state index in [1.54, 1.807) is 25.4 Å². The Kier molecular flexibility index (Phi) is 3.46. The predicted octanol–water partition coefficient (Wildman–Crippen LogP) is 4.70. The van der Waals surface area contributed by atoms with E-state index in [4.69, 9.17) is 9.15 Å². The maximum atomic E-state index is 13.8. The van der Waals surface area contributed by atoms with Crippen LogP contribution in [0.2, 0.25) is 0 Å². The van der Waals surface area contributed by atoms with E-state index in [1.165, 1.54) is 6.07 Å². The minimum Gasteiger partial charge on any atom is -0.496 e. The van der Waals surface area contributed by atoms with Gasteiger partial charge in [-0.3, -0.25) is 4.98 Å². The summed E-state index contributed by atoms with van der Waals surface area (Å²) in [4.78, 5) is 8.68. The Morgan fingerprint density at radius 2 is 1.96 bits per heavy atom. The van der Waals surface area contributed by atoms with Gasteiger partial charge in [-0.2, -0.15) is 0 Å². The molecule has 0 fully saturated rings. The Balaban J connectivity index is 1.82. The zero-order valence-corrected chi connectivity index (χ0v) is 12.9. The summed E-state index contributed by atoms with van der Waals surface area (Å²) in [5.41, 5.74) is 3.02. The second-order valence-electron chi connectivity index (χ2n) is 5.24. The van der Waals surface area contributed by atoms with Crippen molar-refractivity contribution in [2.45, 2.75) is 0 Å². The van der Waals surface area contributed by atoms with Crippen molar-refractivity contribution < 1.29 is 13.5 Å². The lowest BCUT2D eigenvalue weighted by molar-refractivity contribution is 0.416. The summed E-state index contributed by atoms with van der Waals surface area (Å²) in [6, 6.07) is 15.9. The number of hydrogen-bond acceptors (Lipinski definition) is 4. The Morgan fingerprint density at radius 1 is 1.04 bits per heavy atom. The number of nitrogens with zero attached hydrogens (tertiary/aromatic N) is 2. The molecule has 118 valence electrons. The van der Waals surface area contributed by atoms with Gasteiger partial charge in [-0.15, -0.1) is 0 Å². The van der Waals surface area contributed by atoms with Crippen LogP contribution in [-0.2, 0) is 0 Å². The average molecular weight is 320 g/mol. The molecule has 0 saturated carbocycles. The molecule has 24 heavy (non-hydrogen) atoms. The van der Waals surface area contributed by atoms with Gasteiger partial charge < -0.3 is 9.15 Å². The number of rotatable bonds is 3. The molecular weight excluding hydrogens is 307 g/mol. The van der Waals surface area contributed by atoms with Crippen LogP contribution in [0, 0.1) is 5.82 Å². The average Bonchev–Trinajstić information content (AvgIpc) is 3.08. The molecule has 5 heteroatoms. The number of ether oxygens (including phenoxy) is 1. The fourth-order valence-electron chi connectivity index (χ4n) is 2.60. The quantitative estimate of drug-likeness (QED) is 0.549. The van der Waals surface area contributed by atoms with Gasteiger partial charge in [-0.25, -0.2) is 9.37 Å². The largest absolute Gasteiger partial charge is 0.496 e. The zero-order chi connectivity index (χ0) is 16.5. The van der Waals surface area contributed by atoms with E-state index in [0.717, 1.165) is 11.3 Å². The second kappa shape index (κ2) is 5.77. The summed E-state index contributed by atoms with van der Waals surface area (Å²) in [7, 11) is 1.59. The summed E-state index contributed by atoms with van der Waals surface area (Å²) in [6.45, 7) is 0. The summed E-state index contributed by atoms with van der Waals surface area (Å²) >= 11 is 0. The van der Waals surface area contributed by atoms with E-state index in [-0.39, 0.29) is 5.58 Å². The van der Waals surface area contributed by atoms with Crippen LogP contribution in [0.15, 0.2) is 65.2 Å². The van der Waals surface area contributed by atoms with Crippen molar-refractivity contribution in [1.82, 2.24) is 9.97 Å². The monoisotopic (exact) mass is 320 g/mol. The first-order valence-corrected chi connectivity index (χ1v) is 7.41. The van der Waals surface area contributed by atoms with E-state index >= 15 is 0 Å². The Morgan fingerprint density at radius 3 is 2.71 bits per heavy atom. The van der Waals surface area contributed by atoms with Gasteiger partial charge in [0.05, 0.1) is 12.8 Å². The molecule has 0 atom stereocenters. The highest BCUT2D eigenvalue weighted by Gasteiger charge is 2.14. The Bertz CT molecular complexity index is 1010. The molecule has 0 spiro atoms. The van der Waals surface area contributed by atoms with Crippen LogP contribution >= 0.6 is 0 Å². The normalized spacial score (nSPS) is 10.9. The van der Waals surface area contributed by atoms with Gasteiger partial charge >= 0.3 is 0 Å². The van der Waals surface area contributed by atoms with Gasteiger partial charge in [0.1, 0.15) is 11.3 Å². The van der Waals surface area contributed by atoms with Crippen LogP contribution in [0.25, 0.3) is 33.8 Å². The van der Waals surface area contributed by atoms with Gasteiger partial charge in [0.25, 0.3) is 0 Å². The standard InChI is InChI=1S/C19H13FN2O2/c1-23-17-11-12(8-9-13(17)15-6-2-3-10-21-15)19-22-16-7-4-5-14(20)18(16)24-19/h2-11H,1H3. The summed E-state index contributed by atoms with van der Waals surface area (Å²) in [6.07, 6.45) is 1.73. The zero-order valence-electron chi connectivity index (χ0n) is 12.9. The fourth-order valence-corrected chi connectivity index (χ4v) is 2.60. The maximum absolute atomic E-state index is 13.8. The van der Waals surface area contributed by atoms with Crippen molar-refractivity contribution in [3.63, 3.8) is 0 Å².